The summed E-state index contributed by atoms with van der Waals surface area (Å²) < 4.78 is 5.30. The van der Waals surface area contributed by atoms with Crippen LogP contribution in [0, 0.1) is 6.92 Å². The van der Waals surface area contributed by atoms with E-state index in [1.807, 2.05) is 43.3 Å². The van der Waals surface area contributed by atoms with Gasteiger partial charge in [-0.05, 0) is 43.3 Å². The first kappa shape index (κ1) is 11.9. The zero-order valence-corrected chi connectivity index (χ0v) is 11.1. The van der Waals surface area contributed by atoms with Crippen molar-refractivity contribution in [3.63, 3.8) is 0 Å². The van der Waals surface area contributed by atoms with E-state index < -0.39 is 0 Å². The van der Waals surface area contributed by atoms with E-state index in [0.717, 1.165) is 16.7 Å². The van der Waals surface area contributed by atoms with Crippen molar-refractivity contribution in [1.29, 1.82) is 0 Å². The molecule has 2 aromatic carbocycles. The van der Waals surface area contributed by atoms with Crippen molar-refractivity contribution in [1.82, 2.24) is 10.1 Å². The van der Waals surface area contributed by atoms with Gasteiger partial charge in [-0.15, -0.1) is 0 Å². The Morgan fingerprint density at radius 1 is 1.00 bits per heavy atom. The predicted molar refractivity (Wildman–Crippen MR) is 74.9 cm³/mol. The lowest BCUT2D eigenvalue weighted by Gasteiger charge is -1.95. The summed E-state index contributed by atoms with van der Waals surface area (Å²) in [4.78, 5) is 4.40. The predicted octanol–water partition coefficient (Wildman–Crippen LogP) is 4.37. The second-order valence-electron chi connectivity index (χ2n) is 4.30. The Labute approximate surface area is 115 Å². The Bertz CT molecular complexity index is 704. The Hall–Kier alpha value is -2.13. The van der Waals surface area contributed by atoms with Crippen molar-refractivity contribution in [2.75, 3.05) is 0 Å². The van der Waals surface area contributed by atoms with Crippen LogP contribution in [0.4, 0.5) is 0 Å². The standard InChI is InChI=1S/C15H11ClN2O/c1-10-3-2-4-12(9-10)15-17-14(18-19-15)11-5-7-13(16)8-6-11/h2-9H,1H3. The summed E-state index contributed by atoms with van der Waals surface area (Å²) in [5.74, 6) is 1.09. The lowest BCUT2D eigenvalue weighted by Crippen LogP contribution is -1.81. The van der Waals surface area contributed by atoms with Gasteiger partial charge in [-0.25, -0.2) is 0 Å². The molecule has 1 aromatic heterocycles. The molecule has 0 bridgehead atoms. The Morgan fingerprint density at radius 2 is 1.79 bits per heavy atom. The molecule has 94 valence electrons. The monoisotopic (exact) mass is 270 g/mol. The fraction of sp³-hybridized carbons (Fsp3) is 0.0667. The fourth-order valence-corrected chi connectivity index (χ4v) is 1.96. The van der Waals surface area contributed by atoms with Crippen molar-refractivity contribution in [2.24, 2.45) is 0 Å². The Morgan fingerprint density at radius 3 is 2.53 bits per heavy atom. The van der Waals surface area contributed by atoms with Gasteiger partial charge in [0.1, 0.15) is 0 Å². The summed E-state index contributed by atoms with van der Waals surface area (Å²) in [5, 5.41) is 4.68. The molecule has 0 unspecified atom stereocenters. The second kappa shape index (κ2) is 4.86. The van der Waals surface area contributed by atoms with Crippen molar-refractivity contribution in [2.45, 2.75) is 6.92 Å². The zero-order valence-electron chi connectivity index (χ0n) is 10.3. The number of hydrogen-bond donors (Lipinski definition) is 0. The third kappa shape index (κ3) is 2.51. The van der Waals surface area contributed by atoms with E-state index in [1.54, 1.807) is 12.1 Å². The van der Waals surface area contributed by atoms with Gasteiger partial charge in [0.2, 0.25) is 5.82 Å². The summed E-state index contributed by atoms with van der Waals surface area (Å²) in [5.41, 5.74) is 2.96. The average Bonchev–Trinajstić information content (AvgIpc) is 2.89. The van der Waals surface area contributed by atoms with E-state index in [0.29, 0.717) is 16.7 Å². The number of aromatic nitrogens is 2. The molecule has 3 aromatic rings. The van der Waals surface area contributed by atoms with Gasteiger partial charge in [0.15, 0.2) is 0 Å². The Balaban J connectivity index is 1.97. The minimum Gasteiger partial charge on any atom is -0.334 e. The molecule has 1 heterocycles. The molecule has 0 saturated carbocycles. The molecule has 0 atom stereocenters. The maximum Gasteiger partial charge on any atom is 0.258 e. The van der Waals surface area contributed by atoms with Crippen LogP contribution in [0.5, 0.6) is 0 Å². The highest BCUT2D eigenvalue weighted by Gasteiger charge is 2.10. The summed E-state index contributed by atoms with van der Waals surface area (Å²) in [6, 6.07) is 15.3. The van der Waals surface area contributed by atoms with E-state index >= 15 is 0 Å². The molecule has 3 nitrogen and oxygen atoms in total. The van der Waals surface area contributed by atoms with Gasteiger partial charge in [-0.2, -0.15) is 4.98 Å². The van der Waals surface area contributed by atoms with Crippen LogP contribution in [0.25, 0.3) is 22.8 Å². The molecule has 0 fully saturated rings. The third-order valence-electron chi connectivity index (χ3n) is 2.79. The van der Waals surface area contributed by atoms with Crippen molar-refractivity contribution >= 4 is 11.6 Å². The normalized spacial score (nSPS) is 10.6. The van der Waals surface area contributed by atoms with Crippen LogP contribution in [-0.2, 0) is 0 Å². The summed E-state index contributed by atoms with van der Waals surface area (Å²) in [7, 11) is 0. The Kier molecular flexibility index (Phi) is 3.05. The van der Waals surface area contributed by atoms with E-state index in [9.17, 15) is 0 Å². The van der Waals surface area contributed by atoms with Crippen LogP contribution in [-0.4, -0.2) is 10.1 Å². The molecule has 4 heteroatoms. The lowest BCUT2D eigenvalue weighted by atomic mass is 10.1. The molecular formula is C15H11ClN2O. The van der Waals surface area contributed by atoms with E-state index in [4.69, 9.17) is 16.1 Å². The molecule has 0 amide bonds. The maximum absolute atomic E-state index is 5.85. The van der Waals surface area contributed by atoms with Gasteiger partial charge >= 0.3 is 0 Å². The molecule has 0 aliphatic heterocycles. The van der Waals surface area contributed by atoms with Crippen LogP contribution in [0.15, 0.2) is 53.1 Å². The SMILES string of the molecule is Cc1cccc(-c2nc(-c3ccc(Cl)cc3)no2)c1. The first-order valence-electron chi connectivity index (χ1n) is 5.89. The highest BCUT2D eigenvalue weighted by molar-refractivity contribution is 6.30. The molecule has 0 N–H and O–H groups in total. The minimum absolute atomic E-state index is 0.522. The largest absolute Gasteiger partial charge is 0.334 e. The molecule has 0 radical (unpaired) electrons. The molecule has 0 spiro atoms. The summed E-state index contributed by atoms with van der Waals surface area (Å²) in [6.45, 7) is 2.03. The molecule has 3 rings (SSSR count). The van der Waals surface area contributed by atoms with Gasteiger partial charge in [0.25, 0.3) is 5.89 Å². The smallest absolute Gasteiger partial charge is 0.258 e. The van der Waals surface area contributed by atoms with Gasteiger partial charge < -0.3 is 4.52 Å². The molecule has 0 aliphatic carbocycles. The average molecular weight is 271 g/mol. The molecular weight excluding hydrogens is 260 g/mol. The quantitative estimate of drug-likeness (QED) is 0.694. The van der Waals surface area contributed by atoms with Crippen molar-refractivity contribution in [3.8, 4) is 22.8 Å². The van der Waals surface area contributed by atoms with E-state index in [-0.39, 0.29) is 0 Å². The number of rotatable bonds is 2. The first-order valence-corrected chi connectivity index (χ1v) is 6.27. The molecule has 0 aliphatic rings. The van der Waals surface area contributed by atoms with Crippen molar-refractivity contribution in [3.05, 3.63) is 59.1 Å². The lowest BCUT2D eigenvalue weighted by molar-refractivity contribution is 0.432. The number of halogens is 1. The van der Waals surface area contributed by atoms with Gasteiger partial charge in [-0.1, -0.05) is 34.5 Å². The van der Waals surface area contributed by atoms with Crippen LogP contribution in [0.1, 0.15) is 5.56 Å². The van der Waals surface area contributed by atoms with E-state index in [2.05, 4.69) is 10.1 Å². The van der Waals surface area contributed by atoms with Gasteiger partial charge in [-0.3, -0.25) is 0 Å². The van der Waals surface area contributed by atoms with E-state index in [1.165, 1.54) is 0 Å². The highest BCUT2D eigenvalue weighted by Crippen LogP contribution is 2.23. The van der Waals surface area contributed by atoms with Crippen molar-refractivity contribution < 1.29 is 4.52 Å². The summed E-state index contributed by atoms with van der Waals surface area (Å²) >= 11 is 5.85. The molecule has 19 heavy (non-hydrogen) atoms. The van der Waals surface area contributed by atoms with Crippen LogP contribution >= 0.6 is 11.6 Å². The maximum atomic E-state index is 5.85. The minimum atomic E-state index is 0.522. The van der Waals surface area contributed by atoms with Crippen LogP contribution < -0.4 is 0 Å². The van der Waals surface area contributed by atoms with Crippen LogP contribution in [0.2, 0.25) is 5.02 Å². The third-order valence-corrected chi connectivity index (χ3v) is 3.05. The first-order chi connectivity index (χ1) is 9.22. The fourth-order valence-electron chi connectivity index (χ4n) is 1.84. The van der Waals surface area contributed by atoms with Crippen LogP contribution in [0.3, 0.4) is 0 Å². The second-order valence-corrected chi connectivity index (χ2v) is 4.74. The molecule has 0 saturated heterocycles. The number of aryl methyl sites for hydroxylation is 1. The number of nitrogens with zero attached hydrogens (tertiary/aromatic N) is 2. The zero-order chi connectivity index (χ0) is 13.2. The highest BCUT2D eigenvalue weighted by atomic mass is 35.5. The van der Waals surface area contributed by atoms with Gasteiger partial charge in [0, 0.05) is 16.1 Å². The summed E-state index contributed by atoms with van der Waals surface area (Å²) in [6.07, 6.45) is 0. The number of hydrogen-bond acceptors (Lipinski definition) is 3. The number of benzene rings is 2. The topological polar surface area (TPSA) is 38.9 Å². The van der Waals surface area contributed by atoms with Gasteiger partial charge in [0.05, 0.1) is 0 Å².